The Balaban J connectivity index is 1.80. The quantitative estimate of drug-likeness (QED) is 0.171. The van der Waals surface area contributed by atoms with E-state index in [4.69, 9.17) is 9.47 Å². The molecule has 0 bridgehead atoms. The molecule has 1 saturated carbocycles. The van der Waals surface area contributed by atoms with E-state index in [1.165, 1.54) is 63.4 Å². The molecule has 1 aliphatic carbocycles. The number of esters is 2. The predicted molar refractivity (Wildman–Crippen MR) is 129 cm³/mol. The van der Waals surface area contributed by atoms with E-state index in [-0.39, 0.29) is 0 Å². The van der Waals surface area contributed by atoms with Gasteiger partial charge in [0, 0.05) is 22.9 Å². The van der Waals surface area contributed by atoms with Crippen molar-refractivity contribution in [3.05, 3.63) is 61.2 Å². The summed E-state index contributed by atoms with van der Waals surface area (Å²) in [5, 5.41) is 1.48. The van der Waals surface area contributed by atoms with E-state index in [1.54, 1.807) is 12.1 Å². The van der Waals surface area contributed by atoms with Crippen LogP contribution in [0.4, 0.5) is 0 Å². The minimum Gasteiger partial charge on any atom is -0.423 e. The van der Waals surface area contributed by atoms with Crippen molar-refractivity contribution in [3.8, 4) is 11.5 Å². The van der Waals surface area contributed by atoms with E-state index < -0.39 is 11.9 Å². The van der Waals surface area contributed by atoms with Gasteiger partial charge in [0.2, 0.25) is 0 Å². The molecule has 0 saturated heterocycles. The summed E-state index contributed by atoms with van der Waals surface area (Å²) in [7, 11) is 0. The van der Waals surface area contributed by atoms with Crippen LogP contribution >= 0.6 is 0 Å². The molecular weight excluding hydrogens is 400 g/mol. The van der Waals surface area contributed by atoms with Crippen LogP contribution in [-0.2, 0) is 9.59 Å². The number of fused-ring (bicyclic) bond motifs is 1. The van der Waals surface area contributed by atoms with Gasteiger partial charge in [-0.2, -0.15) is 0 Å². The van der Waals surface area contributed by atoms with E-state index in [2.05, 4.69) is 32.2 Å². The largest absolute Gasteiger partial charge is 0.423 e. The van der Waals surface area contributed by atoms with Gasteiger partial charge in [-0.1, -0.05) is 64.3 Å². The highest BCUT2D eigenvalue weighted by Crippen LogP contribution is 2.41. The van der Waals surface area contributed by atoms with Gasteiger partial charge in [0.05, 0.1) is 0 Å². The van der Waals surface area contributed by atoms with E-state index in [9.17, 15) is 9.59 Å². The first-order valence-electron chi connectivity index (χ1n) is 11.8. The van der Waals surface area contributed by atoms with Crippen LogP contribution in [0.2, 0.25) is 0 Å². The molecule has 0 atom stereocenters. The summed E-state index contributed by atoms with van der Waals surface area (Å²) in [5.41, 5.74) is 1.24. The topological polar surface area (TPSA) is 52.6 Å². The van der Waals surface area contributed by atoms with Gasteiger partial charge in [0.25, 0.3) is 0 Å². The molecule has 0 radical (unpaired) electrons. The molecule has 4 nitrogen and oxygen atoms in total. The summed E-state index contributed by atoms with van der Waals surface area (Å²) in [6.07, 6.45) is 13.8. The lowest BCUT2D eigenvalue weighted by molar-refractivity contribution is -0.129. The summed E-state index contributed by atoms with van der Waals surface area (Å²) < 4.78 is 10.9. The van der Waals surface area contributed by atoms with Gasteiger partial charge in [-0.15, -0.1) is 0 Å². The fraction of sp³-hybridized carbons (Fsp3) is 0.429. The third-order valence-electron chi connectivity index (χ3n) is 6.50. The lowest BCUT2D eigenvalue weighted by atomic mass is 9.76. The van der Waals surface area contributed by atoms with Crippen molar-refractivity contribution < 1.29 is 19.1 Å². The average Bonchev–Trinajstić information content (AvgIpc) is 2.83. The maximum Gasteiger partial charge on any atom is 0.335 e. The van der Waals surface area contributed by atoms with Crippen LogP contribution in [0.1, 0.15) is 76.2 Å². The Bertz CT molecular complexity index is 967. The predicted octanol–water partition coefficient (Wildman–Crippen LogP) is 7.27. The van der Waals surface area contributed by atoms with Crippen LogP contribution in [-0.4, -0.2) is 11.9 Å². The monoisotopic (exact) mass is 434 g/mol. The third-order valence-corrected chi connectivity index (χ3v) is 6.50. The second-order valence-electron chi connectivity index (χ2n) is 8.68. The van der Waals surface area contributed by atoms with Crippen LogP contribution < -0.4 is 9.47 Å². The van der Waals surface area contributed by atoms with Crippen molar-refractivity contribution in [1.29, 1.82) is 0 Å². The van der Waals surface area contributed by atoms with Crippen LogP contribution in [0, 0.1) is 5.92 Å². The first-order valence-corrected chi connectivity index (χ1v) is 11.8. The zero-order valence-electron chi connectivity index (χ0n) is 19.1. The highest BCUT2D eigenvalue weighted by atomic mass is 16.5. The van der Waals surface area contributed by atoms with Crippen LogP contribution in [0.15, 0.2) is 55.6 Å². The summed E-state index contributed by atoms with van der Waals surface area (Å²) in [5.74, 6) is 1.16. The molecule has 2 aromatic carbocycles. The zero-order chi connectivity index (χ0) is 22.9. The maximum absolute atomic E-state index is 11.8. The first kappa shape index (κ1) is 23.8. The first-order chi connectivity index (χ1) is 15.5. The van der Waals surface area contributed by atoms with Gasteiger partial charge in [0.15, 0.2) is 0 Å². The molecule has 170 valence electrons. The molecule has 0 heterocycles. The van der Waals surface area contributed by atoms with Crippen molar-refractivity contribution in [2.24, 2.45) is 5.92 Å². The molecule has 1 fully saturated rings. The standard InChI is InChI=1S/C28H34O4/c1-4-7-8-9-10-20-11-13-21(14-12-20)22-15-16-23-24(19-22)26(32-28(30)6-3)18-17-25(23)31-27(29)5-2/h5-6,15-21H,2-4,7-14H2,1H3. The third kappa shape index (κ3) is 6.09. The fourth-order valence-corrected chi connectivity index (χ4v) is 4.69. The lowest BCUT2D eigenvalue weighted by Gasteiger charge is -2.29. The molecule has 0 aliphatic heterocycles. The SMILES string of the molecule is C=CC(=O)Oc1ccc(OC(=O)C=C)c2cc(C3CCC(CCCCCC)CC3)ccc12. The number of hydrogen-bond acceptors (Lipinski definition) is 4. The minimum atomic E-state index is -0.525. The zero-order valence-corrected chi connectivity index (χ0v) is 19.1. The van der Waals surface area contributed by atoms with E-state index in [0.29, 0.717) is 17.4 Å². The minimum absolute atomic E-state index is 0.422. The highest BCUT2D eigenvalue weighted by Gasteiger charge is 2.23. The number of ether oxygens (including phenoxy) is 2. The summed E-state index contributed by atoms with van der Waals surface area (Å²) in [6.45, 7) is 9.19. The second kappa shape index (κ2) is 11.7. The Morgan fingerprint density at radius 1 is 0.875 bits per heavy atom. The molecule has 4 heteroatoms. The highest BCUT2D eigenvalue weighted by molar-refractivity contribution is 5.98. The van der Waals surface area contributed by atoms with Crippen molar-refractivity contribution in [2.45, 2.75) is 70.6 Å². The molecular formula is C28H34O4. The van der Waals surface area contributed by atoms with E-state index in [0.717, 1.165) is 28.8 Å². The van der Waals surface area contributed by atoms with Gasteiger partial charge in [-0.25, -0.2) is 9.59 Å². The number of unbranched alkanes of at least 4 members (excludes halogenated alkanes) is 3. The molecule has 0 spiro atoms. The number of carbonyl (C=O) groups is 2. The Morgan fingerprint density at radius 3 is 2.09 bits per heavy atom. The Hall–Kier alpha value is -2.88. The number of benzene rings is 2. The number of carbonyl (C=O) groups excluding carboxylic acids is 2. The normalized spacial score (nSPS) is 18.2. The Kier molecular flexibility index (Phi) is 8.66. The Labute approximate surface area is 191 Å². The fourth-order valence-electron chi connectivity index (χ4n) is 4.69. The van der Waals surface area contributed by atoms with Gasteiger partial charge in [0.1, 0.15) is 11.5 Å². The molecule has 1 aliphatic rings. The lowest BCUT2D eigenvalue weighted by Crippen LogP contribution is -2.13. The van der Waals surface area contributed by atoms with Gasteiger partial charge in [-0.3, -0.25) is 0 Å². The molecule has 3 rings (SSSR count). The van der Waals surface area contributed by atoms with Crippen LogP contribution in [0.5, 0.6) is 11.5 Å². The van der Waals surface area contributed by atoms with E-state index >= 15 is 0 Å². The molecule has 0 N–H and O–H groups in total. The van der Waals surface area contributed by atoms with Crippen molar-refractivity contribution in [2.75, 3.05) is 0 Å². The van der Waals surface area contributed by atoms with Crippen LogP contribution in [0.25, 0.3) is 10.8 Å². The van der Waals surface area contributed by atoms with Gasteiger partial charge in [-0.05, 0) is 61.3 Å². The van der Waals surface area contributed by atoms with Gasteiger partial charge < -0.3 is 9.47 Å². The van der Waals surface area contributed by atoms with Crippen molar-refractivity contribution in [1.82, 2.24) is 0 Å². The summed E-state index contributed by atoms with van der Waals surface area (Å²) in [6, 6.07) is 9.45. The Morgan fingerprint density at radius 2 is 1.50 bits per heavy atom. The summed E-state index contributed by atoms with van der Waals surface area (Å²) >= 11 is 0. The summed E-state index contributed by atoms with van der Waals surface area (Å²) in [4.78, 5) is 23.6. The smallest absolute Gasteiger partial charge is 0.335 e. The van der Waals surface area contributed by atoms with Crippen molar-refractivity contribution in [3.63, 3.8) is 0 Å². The van der Waals surface area contributed by atoms with Crippen LogP contribution in [0.3, 0.4) is 0 Å². The average molecular weight is 435 g/mol. The molecule has 32 heavy (non-hydrogen) atoms. The molecule has 0 unspecified atom stereocenters. The molecule has 0 amide bonds. The van der Waals surface area contributed by atoms with E-state index in [1.807, 2.05) is 6.07 Å². The number of rotatable bonds is 10. The molecule has 2 aromatic rings. The molecule has 0 aromatic heterocycles. The van der Waals surface area contributed by atoms with Crippen molar-refractivity contribution >= 4 is 22.7 Å². The number of hydrogen-bond donors (Lipinski definition) is 0. The maximum atomic E-state index is 11.8. The second-order valence-corrected chi connectivity index (χ2v) is 8.68. The van der Waals surface area contributed by atoms with Gasteiger partial charge >= 0.3 is 11.9 Å².